The zero-order chi connectivity index (χ0) is 16.7. The first kappa shape index (κ1) is 14.6. The maximum Gasteiger partial charge on any atom is 0.418 e. The molecule has 0 aliphatic carbocycles. The number of hydrogen-bond acceptors (Lipinski definition) is 5. The van der Waals surface area contributed by atoms with E-state index in [4.69, 9.17) is 4.74 Å². The molecule has 122 valence electrons. The standard InChI is InChI=1S/C17H16N4O3/c1-10-6-12-13(8-18-10)19-9-20-16(12)24-15-7-11-4-2-3-5-14(11)21(15)17(22)23/h2-5,7,9-10,18H,6,8H2,1H3,(H,22,23)/t10-/m0/s1. The summed E-state index contributed by atoms with van der Waals surface area (Å²) in [6.07, 6.45) is 1.09. The van der Waals surface area contributed by atoms with Crippen LogP contribution >= 0.6 is 0 Å². The number of nitrogens with zero attached hydrogens (tertiary/aromatic N) is 3. The van der Waals surface area contributed by atoms with Gasteiger partial charge in [0.15, 0.2) is 0 Å². The Morgan fingerprint density at radius 3 is 3.04 bits per heavy atom. The minimum absolute atomic E-state index is 0.232. The van der Waals surface area contributed by atoms with Crippen molar-refractivity contribution in [2.24, 2.45) is 0 Å². The number of ether oxygens (including phenoxy) is 1. The molecule has 3 heterocycles. The zero-order valence-electron chi connectivity index (χ0n) is 13.1. The van der Waals surface area contributed by atoms with Crippen molar-refractivity contribution in [2.45, 2.75) is 25.9 Å². The first-order valence-electron chi connectivity index (χ1n) is 7.71. The molecule has 0 spiro atoms. The maximum atomic E-state index is 11.7. The van der Waals surface area contributed by atoms with Crippen molar-refractivity contribution in [3.05, 3.63) is 47.9 Å². The number of aromatic nitrogens is 3. The summed E-state index contributed by atoms with van der Waals surface area (Å²) in [5.74, 6) is 0.648. The van der Waals surface area contributed by atoms with Crippen LogP contribution in [0.1, 0.15) is 18.2 Å². The summed E-state index contributed by atoms with van der Waals surface area (Å²) < 4.78 is 7.04. The fraction of sp³-hybridized carbons (Fsp3) is 0.235. The normalized spacial score (nSPS) is 16.8. The molecule has 0 bridgehead atoms. The predicted molar refractivity (Wildman–Crippen MR) is 87.5 cm³/mol. The number of carbonyl (C=O) groups is 1. The molecule has 0 radical (unpaired) electrons. The van der Waals surface area contributed by atoms with Crippen molar-refractivity contribution in [3.63, 3.8) is 0 Å². The van der Waals surface area contributed by atoms with Crippen LogP contribution in [0.5, 0.6) is 11.8 Å². The van der Waals surface area contributed by atoms with Gasteiger partial charge < -0.3 is 15.2 Å². The second-order valence-electron chi connectivity index (χ2n) is 5.85. The first-order valence-corrected chi connectivity index (χ1v) is 7.71. The average molecular weight is 324 g/mol. The molecule has 0 unspecified atom stereocenters. The third-order valence-corrected chi connectivity index (χ3v) is 4.19. The van der Waals surface area contributed by atoms with Crippen LogP contribution in [0.3, 0.4) is 0 Å². The highest BCUT2D eigenvalue weighted by Gasteiger charge is 2.23. The Morgan fingerprint density at radius 2 is 2.21 bits per heavy atom. The number of rotatable bonds is 2. The van der Waals surface area contributed by atoms with Gasteiger partial charge in [0.2, 0.25) is 11.8 Å². The molecule has 3 aromatic rings. The molecule has 2 N–H and O–H groups in total. The highest BCUT2D eigenvalue weighted by atomic mass is 16.5. The summed E-state index contributed by atoms with van der Waals surface area (Å²) in [5, 5.41) is 13.7. The SMILES string of the molecule is C[C@H]1Cc2c(ncnc2Oc2cc3ccccc3n2C(=O)O)CN1. The molecule has 1 aromatic carbocycles. The Bertz CT molecular complexity index is 935. The summed E-state index contributed by atoms with van der Waals surface area (Å²) in [6, 6.07) is 9.25. The summed E-state index contributed by atoms with van der Waals surface area (Å²) in [7, 11) is 0. The topological polar surface area (TPSA) is 89.3 Å². The van der Waals surface area contributed by atoms with Gasteiger partial charge in [-0.3, -0.25) is 0 Å². The van der Waals surface area contributed by atoms with Crippen molar-refractivity contribution >= 4 is 17.0 Å². The molecule has 7 nitrogen and oxygen atoms in total. The lowest BCUT2D eigenvalue weighted by Gasteiger charge is -2.23. The molecule has 1 atom stereocenters. The smallest absolute Gasteiger partial charge is 0.418 e. The highest BCUT2D eigenvalue weighted by Crippen LogP contribution is 2.31. The van der Waals surface area contributed by atoms with Crippen molar-refractivity contribution in [1.29, 1.82) is 0 Å². The lowest BCUT2D eigenvalue weighted by Crippen LogP contribution is -2.33. The van der Waals surface area contributed by atoms with Crippen LogP contribution in [0, 0.1) is 0 Å². The summed E-state index contributed by atoms with van der Waals surface area (Å²) in [4.78, 5) is 20.2. The average Bonchev–Trinajstić information content (AvgIpc) is 2.93. The van der Waals surface area contributed by atoms with Gasteiger partial charge in [-0.1, -0.05) is 18.2 Å². The van der Waals surface area contributed by atoms with E-state index in [2.05, 4.69) is 22.2 Å². The monoisotopic (exact) mass is 324 g/mol. The Kier molecular flexibility index (Phi) is 3.42. The maximum absolute atomic E-state index is 11.7. The van der Waals surface area contributed by atoms with E-state index in [1.165, 1.54) is 6.33 Å². The second-order valence-corrected chi connectivity index (χ2v) is 5.85. The number of benzene rings is 1. The Morgan fingerprint density at radius 1 is 1.38 bits per heavy atom. The van der Waals surface area contributed by atoms with Gasteiger partial charge in [-0.05, 0) is 19.4 Å². The minimum Gasteiger partial charge on any atom is -0.464 e. The third kappa shape index (κ3) is 2.39. The molecule has 7 heteroatoms. The molecule has 24 heavy (non-hydrogen) atoms. The lowest BCUT2D eigenvalue weighted by atomic mass is 10.0. The van der Waals surface area contributed by atoms with Gasteiger partial charge in [0.25, 0.3) is 0 Å². The predicted octanol–water partition coefficient (Wildman–Crippen LogP) is 2.78. The van der Waals surface area contributed by atoms with Crippen LogP contribution in [0.25, 0.3) is 10.9 Å². The zero-order valence-corrected chi connectivity index (χ0v) is 13.1. The molecule has 0 amide bonds. The van der Waals surface area contributed by atoms with E-state index in [1.54, 1.807) is 18.2 Å². The van der Waals surface area contributed by atoms with Gasteiger partial charge in [-0.2, -0.15) is 0 Å². The molecule has 1 aliphatic heterocycles. The van der Waals surface area contributed by atoms with Crippen LogP contribution in [0.15, 0.2) is 36.7 Å². The van der Waals surface area contributed by atoms with Crippen molar-refractivity contribution in [2.75, 3.05) is 0 Å². The molecular formula is C17H16N4O3. The molecule has 2 aromatic heterocycles. The highest BCUT2D eigenvalue weighted by molar-refractivity contribution is 5.91. The fourth-order valence-corrected chi connectivity index (χ4v) is 3.03. The number of hydrogen-bond donors (Lipinski definition) is 2. The fourth-order valence-electron chi connectivity index (χ4n) is 3.03. The van der Waals surface area contributed by atoms with E-state index in [0.717, 1.165) is 27.6 Å². The van der Waals surface area contributed by atoms with Gasteiger partial charge in [0.05, 0.1) is 11.2 Å². The molecule has 4 rings (SSSR count). The lowest BCUT2D eigenvalue weighted by molar-refractivity contribution is 0.194. The van der Waals surface area contributed by atoms with Gasteiger partial charge in [0, 0.05) is 29.6 Å². The van der Waals surface area contributed by atoms with Crippen LogP contribution in [0.2, 0.25) is 0 Å². The van der Waals surface area contributed by atoms with Crippen LogP contribution in [-0.4, -0.2) is 31.8 Å². The molecular weight excluding hydrogens is 308 g/mol. The number of carboxylic acid groups (broad SMARTS) is 1. The second kappa shape index (κ2) is 5.61. The Hall–Kier alpha value is -2.93. The first-order chi connectivity index (χ1) is 11.6. The largest absolute Gasteiger partial charge is 0.464 e. The van der Waals surface area contributed by atoms with Gasteiger partial charge in [-0.25, -0.2) is 19.3 Å². The van der Waals surface area contributed by atoms with Crippen molar-refractivity contribution in [1.82, 2.24) is 19.9 Å². The van der Waals surface area contributed by atoms with E-state index in [0.29, 0.717) is 17.9 Å². The van der Waals surface area contributed by atoms with E-state index in [1.807, 2.05) is 12.1 Å². The summed E-state index contributed by atoms with van der Waals surface area (Å²) in [5.41, 5.74) is 2.39. The van der Waals surface area contributed by atoms with Gasteiger partial charge >= 0.3 is 6.09 Å². The number of fused-ring (bicyclic) bond motifs is 2. The van der Waals surface area contributed by atoms with Crippen molar-refractivity contribution < 1.29 is 14.6 Å². The Balaban J connectivity index is 1.81. The van der Waals surface area contributed by atoms with Crippen molar-refractivity contribution in [3.8, 4) is 11.8 Å². The van der Waals surface area contributed by atoms with Crippen LogP contribution in [0.4, 0.5) is 4.79 Å². The summed E-state index contributed by atoms with van der Waals surface area (Å²) >= 11 is 0. The van der Waals surface area contributed by atoms with E-state index < -0.39 is 6.09 Å². The molecule has 0 saturated heterocycles. The molecule has 1 aliphatic rings. The van der Waals surface area contributed by atoms with Crippen LogP contribution in [-0.2, 0) is 13.0 Å². The molecule has 0 fully saturated rings. The van der Waals surface area contributed by atoms with E-state index in [-0.39, 0.29) is 11.9 Å². The van der Waals surface area contributed by atoms with E-state index >= 15 is 0 Å². The Labute approximate surface area is 137 Å². The third-order valence-electron chi connectivity index (χ3n) is 4.19. The summed E-state index contributed by atoms with van der Waals surface area (Å²) in [6.45, 7) is 2.73. The molecule has 0 saturated carbocycles. The number of nitrogens with one attached hydrogen (secondary N) is 1. The van der Waals surface area contributed by atoms with Gasteiger partial charge in [0.1, 0.15) is 6.33 Å². The van der Waals surface area contributed by atoms with E-state index in [9.17, 15) is 9.90 Å². The quantitative estimate of drug-likeness (QED) is 0.753. The van der Waals surface area contributed by atoms with Gasteiger partial charge in [-0.15, -0.1) is 0 Å². The number of para-hydroxylation sites is 1. The van der Waals surface area contributed by atoms with Crippen LogP contribution < -0.4 is 10.1 Å². The minimum atomic E-state index is -1.09.